The Kier molecular flexibility index (Phi) is 4.38. The Morgan fingerprint density at radius 3 is 2.71 bits per heavy atom. The van der Waals surface area contributed by atoms with Crippen LogP contribution in [0, 0.1) is 0 Å². The molecule has 0 N–H and O–H groups in total. The molecular formula is C21H23NOS. The highest BCUT2D eigenvalue weighted by Gasteiger charge is 2.34. The summed E-state index contributed by atoms with van der Waals surface area (Å²) in [7, 11) is 0. The van der Waals surface area contributed by atoms with Gasteiger partial charge in [-0.25, -0.2) is 0 Å². The van der Waals surface area contributed by atoms with Crippen LogP contribution in [0.15, 0.2) is 48.5 Å². The normalized spacial score (nSPS) is 23.8. The third-order valence-corrected chi connectivity index (χ3v) is 6.52. The fourth-order valence-electron chi connectivity index (χ4n) is 4.04. The fourth-order valence-corrected chi connectivity index (χ4v) is 4.98. The lowest BCUT2D eigenvalue weighted by atomic mass is 9.84. The molecule has 24 heavy (non-hydrogen) atoms. The van der Waals surface area contributed by atoms with Crippen LogP contribution in [-0.2, 0) is 6.54 Å². The maximum Gasteiger partial charge on any atom is 0.169 e. The minimum atomic E-state index is 0.175. The van der Waals surface area contributed by atoms with Crippen LogP contribution < -0.4 is 0 Å². The minimum absolute atomic E-state index is 0.175. The molecule has 0 aliphatic carbocycles. The molecule has 0 amide bonds. The molecule has 2 atom stereocenters. The number of benzene rings is 1. The molecule has 1 aromatic carbocycles. The summed E-state index contributed by atoms with van der Waals surface area (Å²) >= 11 is 1.66. The molecule has 0 radical (unpaired) electrons. The molecule has 1 saturated heterocycles. The molecule has 0 spiro atoms. The Labute approximate surface area is 147 Å². The summed E-state index contributed by atoms with van der Waals surface area (Å²) in [5, 5.41) is 0. The maximum absolute atomic E-state index is 11.6. The van der Waals surface area contributed by atoms with Gasteiger partial charge in [0.1, 0.15) is 0 Å². The van der Waals surface area contributed by atoms with Gasteiger partial charge >= 0.3 is 0 Å². The predicted octanol–water partition coefficient (Wildman–Crippen LogP) is 5.16. The first-order valence-corrected chi connectivity index (χ1v) is 9.64. The molecular weight excluding hydrogens is 314 g/mol. The summed E-state index contributed by atoms with van der Waals surface area (Å²) in [6, 6.07) is 16.1. The van der Waals surface area contributed by atoms with E-state index in [0.717, 1.165) is 17.8 Å². The molecule has 2 aliphatic rings. The van der Waals surface area contributed by atoms with Gasteiger partial charge < -0.3 is 0 Å². The molecule has 2 aromatic rings. The third kappa shape index (κ3) is 3.11. The van der Waals surface area contributed by atoms with Crippen molar-refractivity contribution in [2.75, 3.05) is 0 Å². The standard InChI is InChI=1S/C21H23NOS/c1-15(23)20-10-11-21(24-20)17-12-18-8-5-9-19(13-17)22(18)14-16-6-3-2-4-7-16/h2-4,6-7,10-12,18-19H,5,8-9,13-14H2,1H3. The number of fused-ring (bicyclic) bond motifs is 2. The zero-order chi connectivity index (χ0) is 16.5. The number of nitrogens with zero attached hydrogens (tertiary/aromatic N) is 1. The second-order valence-corrected chi connectivity index (χ2v) is 8.01. The number of hydrogen-bond donors (Lipinski definition) is 0. The van der Waals surface area contributed by atoms with Crippen LogP contribution >= 0.6 is 11.3 Å². The van der Waals surface area contributed by atoms with Crippen LogP contribution in [0.5, 0.6) is 0 Å². The van der Waals surface area contributed by atoms with E-state index in [1.165, 1.54) is 35.3 Å². The molecule has 2 aliphatic heterocycles. The molecule has 1 aromatic heterocycles. The van der Waals surface area contributed by atoms with Gasteiger partial charge in [0, 0.05) is 23.5 Å². The average Bonchev–Trinajstić information content (AvgIpc) is 3.06. The van der Waals surface area contributed by atoms with Crippen LogP contribution in [0.2, 0.25) is 0 Å². The van der Waals surface area contributed by atoms with Crippen molar-refractivity contribution in [3.05, 3.63) is 63.9 Å². The highest BCUT2D eigenvalue weighted by Crippen LogP contribution is 2.39. The van der Waals surface area contributed by atoms with Gasteiger partial charge in [-0.05, 0) is 49.5 Å². The number of ketones is 1. The van der Waals surface area contributed by atoms with E-state index in [9.17, 15) is 4.79 Å². The Bertz CT molecular complexity index is 761. The Morgan fingerprint density at radius 2 is 2.00 bits per heavy atom. The van der Waals surface area contributed by atoms with Gasteiger partial charge in [0.05, 0.1) is 4.88 Å². The number of thiophene rings is 1. The van der Waals surface area contributed by atoms with Gasteiger partial charge in [-0.15, -0.1) is 11.3 Å². The number of Topliss-reactive ketones (excluding diaryl/α,β-unsaturated/α-hetero) is 1. The van der Waals surface area contributed by atoms with Gasteiger partial charge in [-0.3, -0.25) is 9.69 Å². The SMILES string of the molecule is CC(=O)c1ccc(C2=CC3CCCC(C2)N3Cc2ccccc2)s1. The largest absolute Gasteiger partial charge is 0.294 e. The van der Waals surface area contributed by atoms with Crippen molar-refractivity contribution in [3.63, 3.8) is 0 Å². The minimum Gasteiger partial charge on any atom is -0.294 e. The molecule has 124 valence electrons. The van der Waals surface area contributed by atoms with Crippen LogP contribution in [-0.4, -0.2) is 22.8 Å². The third-order valence-electron chi connectivity index (χ3n) is 5.26. The highest BCUT2D eigenvalue weighted by molar-refractivity contribution is 7.15. The smallest absolute Gasteiger partial charge is 0.169 e. The summed E-state index contributed by atoms with van der Waals surface area (Å²) < 4.78 is 0. The van der Waals surface area contributed by atoms with E-state index in [0.29, 0.717) is 12.1 Å². The topological polar surface area (TPSA) is 20.3 Å². The fraction of sp³-hybridized carbons (Fsp3) is 0.381. The van der Waals surface area contributed by atoms with Gasteiger partial charge in [-0.1, -0.05) is 42.8 Å². The first-order valence-electron chi connectivity index (χ1n) is 8.82. The van der Waals surface area contributed by atoms with E-state index < -0.39 is 0 Å². The number of piperidine rings is 1. The second kappa shape index (κ2) is 6.66. The van der Waals surface area contributed by atoms with Crippen LogP contribution in [0.4, 0.5) is 0 Å². The first-order chi connectivity index (χ1) is 11.7. The molecule has 0 saturated carbocycles. The quantitative estimate of drug-likeness (QED) is 0.718. The second-order valence-electron chi connectivity index (χ2n) is 6.93. The first kappa shape index (κ1) is 15.8. The van der Waals surface area contributed by atoms with Crippen molar-refractivity contribution in [1.29, 1.82) is 0 Å². The van der Waals surface area contributed by atoms with E-state index in [4.69, 9.17) is 0 Å². The van der Waals surface area contributed by atoms with Crippen LogP contribution in [0.3, 0.4) is 0 Å². The van der Waals surface area contributed by atoms with Crippen molar-refractivity contribution in [1.82, 2.24) is 4.90 Å². The lowest BCUT2D eigenvalue weighted by Crippen LogP contribution is -2.47. The maximum atomic E-state index is 11.6. The van der Waals surface area contributed by atoms with E-state index in [2.05, 4.69) is 47.4 Å². The lowest BCUT2D eigenvalue weighted by Gasteiger charge is -2.45. The van der Waals surface area contributed by atoms with Crippen molar-refractivity contribution in [3.8, 4) is 0 Å². The van der Waals surface area contributed by atoms with E-state index >= 15 is 0 Å². The molecule has 2 bridgehead atoms. The summed E-state index contributed by atoms with van der Waals surface area (Å²) in [6.07, 6.45) is 7.44. The van der Waals surface area contributed by atoms with Crippen LogP contribution in [0.25, 0.3) is 5.57 Å². The van der Waals surface area contributed by atoms with Gasteiger partial charge in [0.2, 0.25) is 0 Å². The number of hydrogen-bond acceptors (Lipinski definition) is 3. The van der Waals surface area contributed by atoms with Crippen molar-refractivity contribution >= 4 is 22.7 Å². The molecule has 3 heterocycles. The van der Waals surface area contributed by atoms with Crippen molar-refractivity contribution < 1.29 is 4.79 Å². The number of carbonyl (C=O) groups excluding carboxylic acids is 1. The van der Waals surface area contributed by atoms with Crippen molar-refractivity contribution in [2.45, 2.75) is 51.2 Å². The molecule has 4 rings (SSSR count). The van der Waals surface area contributed by atoms with Gasteiger partial charge in [0.15, 0.2) is 5.78 Å². The molecule has 1 fully saturated rings. The molecule has 3 heteroatoms. The molecule has 2 unspecified atom stereocenters. The molecule has 2 nitrogen and oxygen atoms in total. The highest BCUT2D eigenvalue weighted by atomic mass is 32.1. The van der Waals surface area contributed by atoms with Crippen molar-refractivity contribution in [2.24, 2.45) is 0 Å². The Morgan fingerprint density at radius 1 is 1.17 bits per heavy atom. The average molecular weight is 337 g/mol. The van der Waals surface area contributed by atoms with Gasteiger partial charge in [0.25, 0.3) is 0 Å². The summed E-state index contributed by atoms with van der Waals surface area (Å²) in [5.41, 5.74) is 2.85. The summed E-state index contributed by atoms with van der Waals surface area (Å²) in [6.45, 7) is 2.70. The predicted molar refractivity (Wildman–Crippen MR) is 100 cm³/mol. The number of carbonyl (C=O) groups is 1. The summed E-state index contributed by atoms with van der Waals surface area (Å²) in [4.78, 5) is 16.4. The van der Waals surface area contributed by atoms with E-state index in [1.807, 2.05) is 6.07 Å². The monoisotopic (exact) mass is 337 g/mol. The van der Waals surface area contributed by atoms with Gasteiger partial charge in [-0.2, -0.15) is 0 Å². The Hall–Kier alpha value is -1.71. The van der Waals surface area contributed by atoms with E-state index in [1.54, 1.807) is 18.3 Å². The summed E-state index contributed by atoms with van der Waals surface area (Å²) in [5.74, 6) is 0.175. The van der Waals surface area contributed by atoms with Crippen LogP contribution in [0.1, 0.15) is 52.7 Å². The lowest BCUT2D eigenvalue weighted by molar-refractivity contribution is 0.0952. The Balaban J connectivity index is 1.58. The van der Waals surface area contributed by atoms with E-state index in [-0.39, 0.29) is 5.78 Å². The zero-order valence-corrected chi connectivity index (χ0v) is 14.9. The number of rotatable bonds is 4. The zero-order valence-electron chi connectivity index (χ0n) is 14.1.